The number of pyridine rings is 6. The van der Waals surface area contributed by atoms with Gasteiger partial charge in [-0.05, 0) is 106 Å². The van der Waals surface area contributed by atoms with Gasteiger partial charge in [0.05, 0.1) is 82.6 Å². The Bertz CT molecular complexity index is 6630. The van der Waals surface area contributed by atoms with E-state index in [9.17, 15) is 75.4 Å². The van der Waals surface area contributed by atoms with E-state index in [0.717, 1.165) is 45.1 Å². The number of imidazole rings is 3. The van der Waals surface area contributed by atoms with Gasteiger partial charge in [-0.25, -0.2) is 70.2 Å². The van der Waals surface area contributed by atoms with Gasteiger partial charge in [0, 0.05) is 137 Å². The number of amides is 2. The summed E-state index contributed by atoms with van der Waals surface area (Å²) in [5, 5.41) is 21.2. The number of methoxy groups -OCH3 is 2. The monoisotopic (exact) mass is 1610 g/mol. The number of halogens is 4. The molecular formula is C78H75F4LiN20O15. The van der Waals surface area contributed by atoms with Crippen LogP contribution >= 0.6 is 0 Å². The predicted molar refractivity (Wildman–Crippen MR) is 419 cm³/mol. The van der Waals surface area contributed by atoms with Gasteiger partial charge < -0.3 is 60.3 Å². The summed E-state index contributed by atoms with van der Waals surface area (Å²) in [5.41, 5.74) is 5.04. The number of aromatic nitrogens is 15. The van der Waals surface area contributed by atoms with E-state index in [2.05, 4.69) is 55.9 Å². The molecule has 12 heterocycles. The number of nitrogens with two attached hydrogens (primary N) is 1. The third-order valence-corrected chi connectivity index (χ3v) is 19.5. The number of hydrogen-bond acceptors (Lipinski definition) is 23. The largest absolute Gasteiger partial charge is 1.00 e. The van der Waals surface area contributed by atoms with Gasteiger partial charge in [-0.15, -0.1) is 0 Å². The van der Waals surface area contributed by atoms with Gasteiger partial charge in [0.25, 0.3) is 28.5 Å². The van der Waals surface area contributed by atoms with Gasteiger partial charge in [0.1, 0.15) is 52.5 Å². The summed E-state index contributed by atoms with van der Waals surface area (Å²) in [7, 11) is 6.99. The Hall–Kier alpha value is -14.0. The molecule has 5 atom stereocenters. The van der Waals surface area contributed by atoms with E-state index in [-0.39, 0.29) is 100 Å². The van der Waals surface area contributed by atoms with Crippen molar-refractivity contribution < 1.29 is 80.5 Å². The molecule has 0 saturated carbocycles. The summed E-state index contributed by atoms with van der Waals surface area (Å²) in [4.78, 5) is 166. The molecule has 0 saturated heterocycles. The number of aliphatic carboxylic acids is 1. The van der Waals surface area contributed by atoms with Crippen LogP contribution in [0.15, 0.2) is 182 Å². The van der Waals surface area contributed by atoms with Crippen LogP contribution in [0.25, 0.3) is 66.7 Å². The van der Waals surface area contributed by atoms with Crippen LogP contribution in [0.2, 0.25) is 0 Å². The molecule has 12 aromatic heterocycles. The molecule has 0 aliphatic heterocycles. The van der Waals surface area contributed by atoms with Gasteiger partial charge in [0.2, 0.25) is 0 Å². The van der Waals surface area contributed by atoms with Crippen molar-refractivity contribution in [2.24, 2.45) is 26.9 Å². The van der Waals surface area contributed by atoms with Crippen molar-refractivity contribution in [1.82, 2.24) is 81.1 Å². The van der Waals surface area contributed by atoms with Crippen molar-refractivity contribution in [2.75, 3.05) is 24.9 Å². The molecule has 14 aromatic rings. The Morgan fingerprint density at radius 1 is 0.475 bits per heavy atom. The molecule has 8 N–H and O–H groups in total. The number of carbonyl (C=O) groups excluding carboxylic acids is 4. The second kappa shape index (κ2) is 36.2. The van der Waals surface area contributed by atoms with E-state index < -0.39 is 116 Å². The van der Waals surface area contributed by atoms with Crippen molar-refractivity contribution in [3.05, 3.63) is 267 Å². The second-order valence-electron chi connectivity index (χ2n) is 26.8. The molecule has 118 heavy (non-hydrogen) atoms. The number of nitrogens with zero attached hydrogens (tertiary/aromatic N) is 15. The van der Waals surface area contributed by atoms with Gasteiger partial charge >= 0.3 is 53.8 Å². The van der Waals surface area contributed by atoms with E-state index in [1.54, 1.807) is 54.3 Å². The number of fused-ring (bicyclic) bond motifs is 6. The standard InChI is InChI=1S/C30H29F2N7O5.C29H27F2N7O5.C19H18N6O4.Li.H2O/c1-5-16(2)35-17-12-20(31)25(21(32)13-17)27(40)36-22(29(42)44-4)14-18-6-7-23(26-34-10-11-38(18)26)39-28(41)19-8-9-33-15-24(19)37(3)30(39)43;1-4-15(2)34-16-11-19(30)24(20(31)12-16)26(39)35-21(28(41)42)13-17-5-6-22(25-33-9-10-37(17)25)38-27(40)18-7-8-32-14-23(18)36(3)29(38)43;1-23-15-10-21-6-5-12(15)17(26)25(19(23)28)14-4-3-11(9-13(20)18(27)29-2)24-8-7-22-16(14)24;;/h6-13,15-16,22,35H,5,14H2,1-4H3,(H,36,40);5-12,14-15,21,34H,4,13H2,1-3H3,(H,35,39)(H,41,42);3-8,10,13H,9,20H2,1-2H3;;1H2/q;;;+1;/p-1/t16-,22-;15-,21-;13-;;/m000../s1. The number of anilines is 2. The number of carboxylic acids is 1. The Morgan fingerprint density at radius 2 is 0.788 bits per heavy atom. The first-order chi connectivity index (χ1) is 55.5. The van der Waals surface area contributed by atoms with E-state index in [4.69, 9.17) is 10.5 Å². The molecule has 2 aromatic carbocycles. The van der Waals surface area contributed by atoms with Crippen LogP contribution in [0.5, 0.6) is 0 Å². The van der Waals surface area contributed by atoms with E-state index in [1.165, 1.54) is 130 Å². The molecule has 14 rings (SSSR count). The van der Waals surface area contributed by atoms with E-state index in [1.807, 2.05) is 27.7 Å². The fourth-order valence-corrected chi connectivity index (χ4v) is 13.1. The molecule has 40 heteroatoms. The summed E-state index contributed by atoms with van der Waals surface area (Å²) < 4.78 is 80.6. The molecule has 0 bridgehead atoms. The normalized spacial score (nSPS) is 12.4. The van der Waals surface area contributed by atoms with Crippen LogP contribution < -0.4 is 79.6 Å². The van der Waals surface area contributed by atoms with Crippen molar-refractivity contribution in [3.8, 4) is 17.1 Å². The number of hydrogen-bond donors (Lipinski definition) is 6. The first kappa shape index (κ1) is 86.4. The first-order valence-corrected chi connectivity index (χ1v) is 35.8. The molecule has 0 fully saturated rings. The van der Waals surface area contributed by atoms with Crippen LogP contribution in [0, 0.1) is 23.3 Å². The molecule has 606 valence electrons. The number of carboxylic acid groups (broad SMARTS) is 1. The number of esters is 2. The number of ether oxygens (including phenoxy) is 2. The molecule has 0 spiro atoms. The first-order valence-electron chi connectivity index (χ1n) is 35.8. The zero-order chi connectivity index (χ0) is 83.4. The Morgan fingerprint density at radius 3 is 1.10 bits per heavy atom. The van der Waals surface area contributed by atoms with Crippen LogP contribution in [0.3, 0.4) is 0 Å². The maximum atomic E-state index is 14.9. The summed E-state index contributed by atoms with van der Waals surface area (Å²) in [6.07, 6.45) is 18.9. The third-order valence-electron chi connectivity index (χ3n) is 19.5. The second-order valence-corrected chi connectivity index (χ2v) is 26.8. The summed E-state index contributed by atoms with van der Waals surface area (Å²) in [6.45, 7) is 7.48. The molecule has 0 radical (unpaired) electrons. The number of nitrogens with one attached hydrogen (secondary N) is 4. The van der Waals surface area contributed by atoms with Crippen molar-refractivity contribution in [1.29, 1.82) is 0 Å². The Labute approximate surface area is 675 Å². The zero-order valence-electron chi connectivity index (χ0n) is 64.9. The molecule has 0 aliphatic carbocycles. The third kappa shape index (κ3) is 16.9. The minimum absolute atomic E-state index is 0. The number of carbonyl (C=O) groups is 5. The van der Waals surface area contributed by atoms with Gasteiger partial charge in [0.15, 0.2) is 16.9 Å². The fraction of sp³-hybridized carbons (Fsp3) is 0.244. The molecule has 0 unspecified atom stereocenters. The van der Waals surface area contributed by atoms with Crippen LogP contribution in [-0.2, 0) is 64.3 Å². The Balaban J connectivity index is 0.000000189. The minimum Gasteiger partial charge on any atom is -0.870 e. The van der Waals surface area contributed by atoms with Gasteiger partial charge in [-0.3, -0.25) is 57.4 Å². The summed E-state index contributed by atoms with van der Waals surface area (Å²) in [6, 6.07) is 13.9. The SMILES string of the molecule is CC[C@H](C)Nc1cc(F)c(C(=O)N[C@@H](Cc2ccc(-n3c(=O)c4ccncc4n(C)c3=O)c3nccn23)C(=O)O)c(F)c1.CC[C@H](C)Nc1cc(F)c(C(=O)N[C@@H](Cc2ccc(-n3c(=O)c4ccncc4n(C)c3=O)c3nccn23)C(=O)OC)c(F)c1.COC(=O)[C@@H](N)Cc1ccc(-n2c(=O)c3ccncc3n(C)c2=O)c2nccn12.[Li+].[OH-]. The smallest absolute Gasteiger partial charge is 0.870 e. The van der Waals surface area contributed by atoms with Crippen LogP contribution in [0.4, 0.5) is 28.9 Å². The zero-order valence-corrected chi connectivity index (χ0v) is 64.9. The molecule has 0 aliphatic rings. The molecule has 35 nitrogen and oxygen atoms in total. The Kier molecular flexibility index (Phi) is 26.5. The topological polar surface area (TPSA) is 451 Å². The average Bonchev–Trinajstić information content (AvgIpc) is 1.34. The predicted octanol–water partition coefficient (Wildman–Crippen LogP) is 1.98. The van der Waals surface area contributed by atoms with Crippen LogP contribution in [0.1, 0.15) is 78.3 Å². The van der Waals surface area contributed by atoms with Crippen molar-refractivity contribution >= 4 is 90.7 Å². The maximum absolute atomic E-state index is 14.9. The van der Waals surface area contributed by atoms with Crippen molar-refractivity contribution in [2.45, 2.75) is 90.0 Å². The van der Waals surface area contributed by atoms with Crippen molar-refractivity contribution in [3.63, 3.8) is 0 Å². The summed E-state index contributed by atoms with van der Waals surface area (Å²) in [5.74, 6) is -9.72. The number of aryl methyl sites for hydroxylation is 3. The van der Waals surface area contributed by atoms with Gasteiger partial charge in [-0.2, -0.15) is 0 Å². The fourth-order valence-electron chi connectivity index (χ4n) is 13.1. The molecule has 2 amide bonds. The number of benzene rings is 2. The summed E-state index contributed by atoms with van der Waals surface area (Å²) >= 11 is 0. The molecular weight excluding hydrogens is 1540 g/mol. The average molecular weight is 1620 g/mol. The maximum Gasteiger partial charge on any atom is 1.00 e. The van der Waals surface area contributed by atoms with E-state index in [0.29, 0.717) is 63.2 Å². The van der Waals surface area contributed by atoms with E-state index >= 15 is 0 Å². The number of rotatable bonds is 22. The quantitative estimate of drug-likeness (QED) is 0.0321. The van der Waals surface area contributed by atoms with Crippen LogP contribution in [-0.4, -0.2) is 155 Å². The minimum atomic E-state index is -1.59. The van der Waals surface area contributed by atoms with Gasteiger partial charge in [-0.1, -0.05) is 13.8 Å².